The van der Waals surface area contributed by atoms with E-state index in [4.69, 9.17) is 38.5 Å². The Morgan fingerprint density at radius 2 is 0.636 bits per heavy atom. The molecule has 0 amide bonds. The van der Waals surface area contributed by atoms with Gasteiger partial charge in [0.15, 0.2) is 0 Å². The maximum atomic E-state index is 8.88. The van der Waals surface area contributed by atoms with Crippen molar-refractivity contribution < 1.29 is 38.5 Å². The van der Waals surface area contributed by atoms with Gasteiger partial charge in [-0.25, -0.2) is 9.13 Å². The summed E-state index contributed by atoms with van der Waals surface area (Å²) >= 11 is 0. The standard InChI is InChI=1S/ClH.2H3O4P/c;2*1-5(2,3)4/h1H;2*(H3,1,2,3,4). The van der Waals surface area contributed by atoms with Gasteiger partial charge < -0.3 is 29.4 Å². The minimum absolute atomic E-state index is 0. The Morgan fingerprint density at radius 1 is 0.636 bits per heavy atom. The summed E-state index contributed by atoms with van der Waals surface area (Å²) in [5.41, 5.74) is 0. The molecule has 0 aromatic carbocycles. The molecule has 6 N–H and O–H groups in total. The van der Waals surface area contributed by atoms with Gasteiger partial charge in [0.05, 0.1) is 0 Å². The molecule has 0 aliphatic heterocycles. The molecule has 0 aromatic heterocycles. The Morgan fingerprint density at radius 3 is 0.636 bits per heavy atom. The molecule has 0 saturated heterocycles. The number of hydrogen-bond acceptors (Lipinski definition) is 2. The summed E-state index contributed by atoms with van der Waals surface area (Å²) in [7, 11) is -9.28. The Hall–Kier alpha value is 0.510. The molecule has 0 rings (SSSR count). The molecule has 0 saturated carbocycles. The van der Waals surface area contributed by atoms with E-state index in [1.54, 1.807) is 0 Å². The minimum Gasteiger partial charge on any atom is -0.303 e. The predicted octanol–water partition coefficient (Wildman–Crippen LogP) is -1.44. The lowest BCUT2D eigenvalue weighted by Gasteiger charge is -1.82. The first kappa shape index (κ1) is 17.6. The second kappa shape index (κ2) is 6.07. The summed E-state index contributed by atoms with van der Waals surface area (Å²) in [6.07, 6.45) is 0. The Kier molecular flexibility index (Phi) is 9.69. The summed E-state index contributed by atoms with van der Waals surface area (Å²) in [5, 5.41) is 0. The molecule has 72 valence electrons. The zero-order chi connectivity index (χ0) is 9.00. The van der Waals surface area contributed by atoms with Gasteiger partial charge in [0.25, 0.3) is 0 Å². The van der Waals surface area contributed by atoms with Gasteiger partial charge in [-0.3, -0.25) is 0 Å². The first-order chi connectivity index (χ1) is 4.00. The second-order valence-electron chi connectivity index (χ2n) is 1.03. The van der Waals surface area contributed by atoms with Gasteiger partial charge in [0.1, 0.15) is 0 Å². The number of phosphoric acid groups is 2. The van der Waals surface area contributed by atoms with E-state index in [0.717, 1.165) is 0 Å². The van der Waals surface area contributed by atoms with E-state index in [0.29, 0.717) is 0 Å². The van der Waals surface area contributed by atoms with Crippen molar-refractivity contribution in [3.8, 4) is 0 Å². The van der Waals surface area contributed by atoms with Crippen LogP contribution in [-0.2, 0) is 9.13 Å². The van der Waals surface area contributed by atoms with Crippen molar-refractivity contribution in [1.82, 2.24) is 0 Å². The van der Waals surface area contributed by atoms with Crippen molar-refractivity contribution in [3.63, 3.8) is 0 Å². The van der Waals surface area contributed by atoms with Gasteiger partial charge in [-0.05, 0) is 0 Å². The van der Waals surface area contributed by atoms with Crippen LogP contribution in [0.15, 0.2) is 0 Å². The van der Waals surface area contributed by atoms with Crippen molar-refractivity contribution in [3.05, 3.63) is 0 Å². The fourth-order valence-corrected chi connectivity index (χ4v) is 0. The van der Waals surface area contributed by atoms with E-state index >= 15 is 0 Å². The lowest BCUT2D eigenvalue weighted by molar-refractivity contribution is 0.272. The fourth-order valence-electron chi connectivity index (χ4n) is 0. The van der Waals surface area contributed by atoms with Gasteiger partial charge in [-0.1, -0.05) is 0 Å². The second-order valence-corrected chi connectivity index (χ2v) is 3.08. The van der Waals surface area contributed by atoms with E-state index in [2.05, 4.69) is 0 Å². The number of rotatable bonds is 0. The molecular formula is H7ClO8P2. The summed E-state index contributed by atoms with van der Waals surface area (Å²) in [6.45, 7) is 0. The molecule has 0 aliphatic rings. The van der Waals surface area contributed by atoms with Gasteiger partial charge in [-0.15, -0.1) is 12.4 Å². The Balaban J connectivity index is -0.000000107. The summed E-state index contributed by atoms with van der Waals surface area (Å²) in [6, 6.07) is 0. The molecule has 0 unspecified atom stereocenters. The molecule has 0 heterocycles. The van der Waals surface area contributed by atoms with Gasteiger partial charge in [0, 0.05) is 0 Å². The smallest absolute Gasteiger partial charge is 0.303 e. The monoisotopic (exact) mass is 232 g/mol. The molecule has 0 atom stereocenters. The number of halogens is 1. The third-order valence-electron chi connectivity index (χ3n) is 0. The quantitative estimate of drug-likeness (QED) is 0.277. The molecular weight excluding hydrogens is 225 g/mol. The zero-order valence-electron chi connectivity index (χ0n) is 4.80. The highest BCUT2D eigenvalue weighted by molar-refractivity contribution is 7.45. The van der Waals surface area contributed by atoms with E-state index in [9.17, 15) is 0 Å². The molecule has 0 fully saturated rings. The van der Waals surface area contributed by atoms with Crippen LogP contribution in [0.2, 0.25) is 0 Å². The lowest BCUT2D eigenvalue weighted by Crippen LogP contribution is -1.66. The van der Waals surface area contributed by atoms with E-state index in [1.165, 1.54) is 0 Å². The highest BCUT2D eigenvalue weighted by atomic mass is 35.5. The fraction of sp³-hybridized carbons (Fsp3) is 0. The molecule has 11 heteroatoms. The van der Waals surface area contributed by atoms with Crippen molar-refractivity contribution >= 4 is 28.1 Å². The predicted molar refractivity (Wildman–Crippen MR) is 35.8 cm³/mol. The van der Waals surface area contributed by atoms with Crippen LogP contribution in [-0.4, -0.2) is 29.4 Å². The van der Waals surface area contributed by atoms with E-state index in [-0.39, 0.29) is 12.4 Å². The molecule has 8 nitrogen and oxygen atoms in total. The van der Waals surface area contributed by atoms with Crippen LogP contribution >= 0.6 is 28.1 Å². The van der Waals surface area contributed by atoms with Gasteiger partial charge in [-0.2, -0.15) is 0 Å². The Labute approximate surface area is 67.4 Å². The van der Waals surface area contributed by atoms with E-state index < -0.39 is 15.6 Å². The molecule has 0 aromatic rings. The lowest BCUT2D eigenvalue weighted by atomic mass is 15.8. The van der Waals surface area contributed by atoms with Crippen LogP contribution < -0.4 is 0 Å². The molecule has 11 heavy (non-hydrogen) atoms. The van der Waals surface area contributed by atoms with Crippen LogP contribution in [0, 0.1) is 0 Å². The molecule has 0 aliphatic carbocycles. The average Bonchev–Trinajstić information content (AvgIpc) is 1.12. The number of hydrogen-bond donors (Lipinski definition) is 6. The topological polar surface area (TPSA) is 156 Å². The highest BCUT2D eigenvalue weighted by Crippen LogP contribution is 2.26. The van der Waals surface area contributed by atoms with Crippen molar-refractivity contribution in [2.75, 3.05) is 0 Å². The third kappa shape index (κ3) is 2930. The van der Waals surface area contributed by atoms with Crippen LogP contribution in [0.5, 0.6) is 0 Å². The van der Waals surface area contributed by atoms with Crippen molar-refractivity contribution in [1.29, 1.82) is 0 Å². The molecule has 0 radical (unpaired) electrons. The average molecular weight is 232 g/mol. The summed E-state index contributed by atoms with van der Waals surface area (Å²) in [4.78, 5) is 43.1. The SMILES string of the molecule is Cl.O=P(O)(O)O.O=P(O)(O)O. The van der Waals surface area contributed by atoms with Crippen LogP contribution in [0.1, 0.15) is 0 Å². The molecule has 0 spiro atoms. The van der Waals surface area contributed by atoms with Gasteiger partial charge >= 0.3 is 15.6 Å². The van der Waals surface area contributed by atoms with Crippen molar-refractivity contribution in [2.24, 2.45) is 0 Å². The van der Waals surface area contributed by atoms with Crippen LogP contribution in [0.25, 0.3) is 0 Å². The molecule has 0 bridgehead atoms. The third-order valence-corrected chi connectivity index (χ3v) is 0. The normalized spacial score (nSPS) is 10.7. The van der Waals surface area contributed by atoms with Crippen LogP contribution in [0.3, 0.4) is 0 Å². The highest BCUT2D eigenvalue weighted by Gasteiger charge is 2.00. The van der Waals surface area contributed by atoms with E-state index in [1.807, 2.05) is 0 Å². The zero-order valence-corrected chi connectivity index (χ0v) is 7.41. The largest absolute Gasteiger partial charge is 0.466 e. The first-order valence-corrected chi connectivity index (χ1v) is 4.70. The Bertz CT molecular complexity index is 124. The van der Waals surface area contributed by atoms with Crippen LogP contribution in [0.4, 0.5) is 0 Å². The van der Waals surface area contributed by atoms with Crippen molar-refractivity contribution in [2.45, 2.75) is 0 Å². The maximum absolute atomic E-state index is 8.88. The summed E-state index contributed by atoms with van der Waals surface area (Å²) in [5.74, 6) is 0. The minimum atomic E-state index is -4.64. The maximum Gasteiger partial charge on any atom is 0.466 e. The summed E-state index contributed by atoms with van der Waals surface area (Å²) < 4.78 is 17.8. The van der Waals surface area contributed by atoms with Gasteiger partial charge in [0.2, 0.25) is 0 Å². The first-order valence-electron chi connectivity index (χ1n) is 1.57.